The van der Waals surface area contributed by atoms with Gasteiger partial charge in [-0.25, -0.2) is 4.39 Å². The van der Waals surface area contributed by atoms with Gasteiger partial charge in [-0.1, -0.05) is 12.1 Å². The van der Waals surface area contributed by atoms with E-state index in [-0.39, 0.29) is 23.7 Å². The molecule has 0 aromatic heterocycles. The molecule has 2 unspecified atom stereocenters. The van der Waals surface area contributed by atoms with Crippen molar-refractivity contribution in [1.82, 2.24) is 5.32 Å². The van der Waals surface area contributed by atoms with Crippen molar-refractivity contribution in [2.24, 2.45) is 5.73 Å². The number of carbonyl (C=O) groups is 1. The van der Waals surface area contributed by atoms with Gasteiger partial charge in [0.05, 0.1) is 6.04 Å². The molecule has 1 aliphatic rings. The molecule has 1 amide bonds. The van der Waals surface area contributed by atoms with Gasteiger partial charge in [0.25, 0.3) is 0 Å². The summed E-state index contributed by atoms with van der Waals surface area (Å²) >= 11 is 0. The number of hydrogen-bond donors (Lipinski definition) is 2. The number of hydrogen-bond acceptors (Lipinski definition) is 2. The molecule has 3 nitrogen and oxygen atoms in total. The minimum Gasteiger partial charge on any atom is -0.368 e. The van der Waals surface area contributed by atoms with Gasteiger partial charge in [-0.3, -0.25) is 4.79 Å². The maximum atomic E-state index is 13.1. The van der Waals surface area contributed by atoms with Crippen molar-refractivity contribution >= 4 is 5.91 Å². The number of amides is 1. The third-order valence-electron chi connectivity index (χ3n) is 3.07. The van der Waals surface area contributed by atoms with E-state index < -0.39 is 0 Å². The average molecular weight is 222 g/mol. The second kappa shape index (κ2) is 4.61. The number of primary amides is 1. The zero-order valence-electron chi connectivity index (χ0n) is 8.95. The first-order chi connectivity index (χ1) is 7.66. The first-order valence-corrected chi connectivity index (χ1v) is 5.45. The Balaban J connectivity index is 2.12. The second-order valence-electron chi connectivity index (χ2n) is 4.19. The number of rotatable bonds is 2. The van der Waals surface area contributed by atoms with Crippen LogP contribution in [0.3, 0.4) is 0 Å². The van der Waals surface area contributed by atoms with E-state index >= 15 is 0 Å². The lowest BCUT2D eigenvalue weighted by molar-refractivity contribution is -0.120. The summed E-state index contributed by atoms with van der Waals surface area (Å²) in [7, 11) is 0. The highest BCUT2D eigenvalue weighted by atomic mass is 19.1. The van der Waals surface area contributed by atoms with Crippen LogP contribution in [0.5, 0.6) is 0 Å². The van der Waals surface area contributed by atoms with Gasteiger partial charge in [0.1, 0.15) is 5.82 Å². The Morgan fingerprint density at radius 2 is 2.31 bits per heavy atom. The zero-order valence-corrected chi connectivity index (χ0v) is 8.95. The van der Waals surface area contributed by atoms with Crippen LogP contribution in [0.15, 0.2) is 24.3 Å². The molecule has 0 aliphatic carbocycles. The predicted molar refractivity (Wildman–Crippen MR) is 59.4 cm³/mol. The Labute approximate surface area is 93.8 Å². The lowest BCUT2D eigenvalue weighted by Crippen LogP contribution is -2.46. The second-order valence-corrected chi connectivity index (χ2v) is 4.19. The molecule has 1 aromatic rings. The normalized spacial score (nSPS) is 25.3. The molecule has 4 heteroatoms. The van der Waals surface area contributed by atoms with E-state index in [1.165, 1.54) is 12.1 Å². The first-order valence-electron chi connectivity index (χ1n) is 5.45. The standard InChI is InChI=1S/C12H15FN2O/c13-10-3-1-2-8(6-10)9-4-5-15-11(7-9)12(14)16/h1-3,6,9,11,15H,4-5,7H2,(H2,14,16). The van der Waals surface area contributed by atoms with Gasteiger partial charge in [-0.2, -0.15) is 0 Å². The smallest absolute Gasteiger partial charge is 0.234 e. The Morgan fingerprint density at radius 3 is 3.00 bits per heavy atom. The SMILES string of the molecule is NC(=O)C1CC(c2cccc(F)c2)CCN1. The summed E-state index contributed by atoms with van der Waals surface area (Å²) in [5.74, 6) is -0.345. The number of piperidine rings is 1. The van der Waals surface area contributed by atoms with Crippen molar-refractivity contribution in [3.8, 4) is 0 Å². The Kier molecular flexibility index (Phi) is 3.19. The Hall–Kier alpha value is -1.42. The van der Waals surface area contributed by atoms with Crippen LogP contribution in [0, 0.1) is 5.82 Å². The fourth-order valence-electron chi connectivity index (χ4n) is 2.20. The highest BCUT2D eigenvalue weighted by Crippen LogP contribution is 2.27. The Morgan fingerprint density at radius 1 is 1.50 bits per heavy atom. The van der Waals surface area contributed by atoms with Crippen molar-refractivity contribution in [3.63, 3.8) is 0 Å². The minimum atomic E-state index is -0.332. The minimum absolute atomic E-state index is 0.217. The molecule has 0 radical (unpaired) electrons. The highest BCUT2D eigenvalue weighted by Gasteiger charge is 2.26. The zero-order chi connectivity index (χ0) is 11.5. The average Bonchev–Trinajstić information content (AvgIpc) is 2.29. The van der Waals surface area contributed by atoms with Crippen molar-refractivity contribution in [2.45, 2.75) is 24.8 Å². The summed E-state index contributed by atoms with van der Waals surface area (Å²) < 4.78 is 13.1. The molecule has 1 heterocycles. The topological polar surface area (TPSA) is 55.1 Å². The molecule has 2 atom stereocenters. The van der Waals surface area contributed by atoms with Crippen molar-refractivity contribution < 1.29 is 9.18 Å². The summed E-state index contributed by atoms with van der Waals surface area (Å²) in [5.41, 5.74) is 6.21. The largest absolute Gasteiger partial charge is 0.368 e. The summed E-state index contributed by atoms with van der Waals surface area (Å²) in [4.78, 5) is 11.1. The number of nitrogens with two attached hydrogens (primary N) is 1. The third kappa shape index (κ3) is 2.39. The number of carbonyl (C=O) groups excluding carboxylic acids is 1. The van der Waals surface area contributed by atoms with Gasteiger partial charge in [-0.15, -0.1) is 0 Å². The lowest BCUT2D eigenvalue weighted by Gasteiger charge is -2.28. The maximum absolute atomic E-state index is 13.1. The van der Waals surface area contributed by atoms with Gasteiger partial charge in [0.15, 0.2) is 0 Å². The van der Waals surface area contributed by atoms with Gasteiger partial charge < -0.3 is 11.1 Å². The third-order valence-corrected chi connectivity index (χ3v) is 3.07. The van der Waals surface area contributed by atoms with E-state index in [4.69, 9.17) is 5.73 Å². The Bertz CT molecular complexity index is 394. The molecule has 0 bridgehead atoms. The summed E-state index contributed by atoms with van der Waals surface area (Å²) in [6, 6.07) is 6.27. The van der Waals surface area contributed by atoms with E-state index in [0.29, 0.717) is 6.42 Å². The fraction of sp³-hybridized carbons (Fsp3) is 0.417. The molecule has 86 valence electrons. The van der Waals surface area contributed by atoms with Gasteiger partial charge >= 0.3 is 0 Å². The van der Waals surface area contributed by atoms with Crippen LogP contribution in [-0.2, 0) is 4.79 Å². The molecule has 1 aliphatic heterocycles. The molecule has 1 aromatic carbocycles. The van der Waals surface area contributed by atoms with Gasteiger partial charge in [0, 0.05) is 0 Å². The van der Waals surface area contributed by atoms with Crippen LogP contribution in [0.25, 0.3) is 0 Å². The van der Waals surface area contributed by atoms with E-state index in [9.17, 15) is 9.18 Å². The molecule has 1 saturated heterocycles. The van der Waals surface area contributed by atoms with Gasteiger partial charge in [-0.05, 0) is 43.0 Å². The van der Waals surface area contributed by atoms with Crippen LogP contribution in [-0.4, -0.2) is 18.5 Å². The molecule has 0 saturated carbocycles. The molecular weight excluding hydrogens is 207 g/mol. The maximum Gasteiger partial charge on any atom is 0.234 e. The summed E-state index contributed by atoms with van der Waals surface area (Å²) in [6.45, 7) is 0.745. The van der Waals surface area contributed by atoms with Crippen LogP contribution in [0.4, 0.5) is 4.39 Å². The fourth-order valence-corrected chi connectivity index (χ4v) is 2.20. The van der Waals surface area contributed by atoms with E-state index in [1.807, 2.05) is 6.07 Å². The molecule has 0 spiro atoms. The van der Waals surface area contributed by atoms with E-state index in [1.54, 1.807) is 6.07 Å². The summed E-state index contributed by atoms with van der Waals surface area (Å²) in [5, 5.41) is 3.06. The number of nitrogens with one attached hydrogen (secondary N) is 1. The molecule has 1 fully saturated rings. The molecular formula is C12H15FN2O. The van der Waals surface area contributed by atoms with Gasteiger partial charge in [0.2, 0.25) is 5.91 Å². The molecule has 2 rings (SSSR count). The number of benzene rings is 1. The van der Waals surface area contributed by atoms with Crippen molar-refractivity contribution in [2.75, 3.05) is 6.54 Å². The van der Waals surface area contributed by atoms with Crippen molar-refractivity contribution in [3.05, 3.63) is 35.6 Å². The number of halogens is 1. The van der Waals surface area contributed by atoms with E-state index in [2.05, 4.69) is 5.32 Å². The first kappa shape index (κ1) is 11.1. The lowest BCUT2D eigenvalue weighted by atomic mass is 9.86. The molecule has 16 heavy (non-hydrogen) atoms. The summed E-state index contributed by atoms with van der Waals surface area (Å²) in [6.07, 6.45) is 1.56. The monoisotopic (exact) mass is 222 g/mol. The molecule has 3 N–H and O–H groups in total. The van der Waals surface area contributed by atoms with Crippen LogP contribution in [0.1, 0.15) is 24.3 Å². The predicted octanol–water partition coefficient (Wildman–Crippen LogP) is 1.15. The quantitative estimate of drug-likeness (QED) is 0.788. The van der Waals surface area contributed by atoms with Crippen molar-refractivity contribution in [1.29, 1.82) is 0 Å². The van der Waals surface area contributed by atoms with Crippen LogP contribution < -0.4 is 11.1 Å². The van der Waals surface area contributed by atoms with E-state index in [0.717, 1.165) is 18.5 Å². The highest BCUT2D eigenvalue weighted by molar-refractivity contribution is 5.80. The van der Waals surface area contributed by atoms with Crippen LogP contribution in [0.2, 0.25) is 0 Å². The van der Waals surface area contributed by atoms with Crippen LogP contribution >= 0.6 is 0 Å².